The van der Waals surface area contributed by atoms with E-state index in [2.05, 4.69) is 39.2 Å². The van der Waals surface area contributed by atoms with Gasteiger partial charge >= 0.3 is 12.0 Å². The van der Waals surface area contributed by atoms with Crippen molar-refractivity contribution < 1.29 is 19.4 Å². The van der Waals surface area contributed by atoms with Crippen LogP contribution in [0.1, 0.15) is 43.2 Å². The van der Waals surface area contributed by atoms with Crippen LogP contribution in [0.4, 0.5) is 10.5 Å². The summed E-state index contributed by atoms with van der Waals surface area (Å²) in [6, 6.07) is 18.2. The molecule has 3 rings (SSSR count). The van der Waals surface area contributed by atoms with Crippen LogP contribution in [0.2, 0.25) is 0 Å². The number of anilines is 1. The molecule has 0 radical (unpaired) electrons. The lowest BCUT2D eigenvalue weighted by atomic mass is 10.0. The van der Waals surface area contributed by atoms with Gasteiger partial charge in [-0.05, 0) is 55.4 Å². The maximum absolute atomic E-state index is 13.0. The first-order chi connectivity index (χ1) is 16.6. The molecule has 2 N–H and O–H groups in total. The van der Waals surface area contributed by atoms with E-state index in [1.54, 1.807) is 4.90 Å². The topological polar surface area (TPSA) is 82.1 Å². The molecule has 0 aromatic heterocycles. The van der Waals surface area contributed by atoms with Crippen molar-refractivity contribution in [3.8, 4) is 0 Å². The van der Waals surface area contributed by atoms with Gasteiger partial charge in [0.15, 0.2) is 0 Å². The highest BCUT2D eigenvalue weighted by Crippen LogP contribution is 2.20. The Bertz CT molecular complexity index is 881. The van der Waals surface area contributed by atoms with E-state index < -0.39 is 0 Å². The minimum absolute atomic E-state index is 0.0534. The predicted octanol–water partition coefficient (Wildman–Crippen LogP) is 4.06. The zero-order valence-electron chi connectivity index (χ0n) is 20.1. The average Bonchev–Trinajstić information content (AvgIpc) is 2.87. The zero-order valence-corrected chi connectivity index (χ0v) is 20.1. The third-order valence-corrected chi connectivity index (χ3v) is 6.38. The molecule has 0 atom stereocenters. The number of hydrogen-bond donors (Lipinski definition) is 2. The second-order valence-corrected chi connectivity index (χ2v) is 8.82. The largest absolute Gasteiger partial charge is 0.469 e. The molecule has 2 aromatic carbocycles. The fraction of sp³-hybridized carbons (Fsp3) is 0.481. The van der Waals surface area contributed by atoms with Crippen LogP contribution in [0.25, 0.3) is 0 Å². The first kappa shape index (κ1) is 25.7. The molecule has 2 amide bonds. The van der Waals surface area contributed by atoms with Crippen molar-refractivity contribution in [1.29, 1.82) is 0 Å². The quantitative estimate of drug-likeness (QED) is 0.385. The molecule has 0 saturated carbocycles. The Morgan fingerprint density at radius 1 is 1.03 bits per heavy atom. The highest BCUT2D eigenvalue weighted by Gasteiger charge is 2.27. The number of rotatable bonds is 11. The van der Waals surface area contributed by atoms with Crippen LogP contribution in [-0.4, -0.2) is 66.3 Å². The monoisotopic (exact) mass is 467 g/mol. The van der Waals surface area contributed by atoms with E-state index in [4.69, 9.17) is 0 Å². The highest BCUT2D eigenvalue weighted by molar-refractivity contribution is 5.89. The molecule has 1 saturated heterocycles. The highest BCUT2D eigenvalue weighted by atomic mass is 16.5. The van der Waals surface area contributed by atoms with Crippen LogP contribution in [0, 0.1) is 0 Å². The molecule has 1 aliphatic heterocycles. The average molecular weight is 468 g/mol. The molecule has 0 unspecified atom stereocenters. The SMILES string of the molecule is COC(=O)CCCCc1ccc(NC(=O)N(CCO)C2CCN(Cc3ccccc3)CC2)cc1. The third kappa shape index (κ3) is 8.15. The summed E-state index contributed by atoms with van der Waals surface area (Å²) in [5.74, 6) is -0.174. The van der Waals surface area contributed by atoms with Crippen molar-refractivity contribution in [2.45, 2.75) is 51.1 Å². The van der Waals surface area contributed by atoms with Gasteiger partial charge in [-0.1, -0.05) is 42.5 Å². The number of carbonyl (C=O) groups excluding carboxylic acids is 2. The van der Waals surface area contributed by atoms with Crippen molar-refractivity contribution in [2.75, 3.05) is 38.7 Å². The number of esters is 1. The molecule has 184 valence electrons. The smallest absolute Gasteiger partial charge is 0.322 e. The molecule has 0 aliphatic carbocycles. The Morgan fingerprint density at radius 3 is 2.38 bits per heavy atom. The second-order valence-electron chi connectivity index (χ2n) is 8.82. The molecule has 1 aliphatic rings. The summed E-state index contributed by atoms with van der Waals surface area (Å²) < 4.78 is 4.66. The Balaban J connectivity index is 1.46. The molecule has 7 heteroatoms. The van der Waals surface area contributed by atoms with E-state index in [-0.39, 0.29) is 24.6 Å². The summed E-state index contributed by atoms with van der Waals surface area (Å²) in [5.41, 5.74) is 3.21. The van der Waals surface area contributed by atoms with Gasteiger partial charge in [-0.15, -0.1) is 0 Å². The number of nitrogens with one attached hydrogen (secondary N) is 1. The van der Waals surface area contributed by atoms with E-state index in [1.807, 2.05) is 30.3 Å². The van der Waals surface area contributed by atoms with Gasteiger partial charge in [-0.3, -0.25) is 9.69 Å². The summed E-state index contributed by atoms with van der Waals surface area (Å²) in [7, 11) is 1.41. The number of carbonyl (C=O) groups is 2. The van der Waals surface area contributed by atoms with Crippen molar-refractivity contribution in [3.63, 3.8) is 0 Å². The lowest BCUT2D eigenvalue weighted by Crippen LogP contribution is -2.49. The van der Waals surface area contributed by atoms with Crippen LogP contribution in [-0.2, 0) is 22.5 Å². The van der Waals surface area contributed by atoms with Gasteiger partial charge in [0, 0.05) is 44.3 Å². The molecule has 2 aromatic rings. The predicted molar refractivity (Wildman–Crippen MR) is 134 cm³/mol. The fourth-order valence-electron chi connectivity index (χ4n) is 4.44. The van der Waals surface area contributed by atoms with E-state index in [9.17, 15) is 14.7 Å². The number of unbranched alkanes of at least 4 members (excludes halogenated alkanes) is 1. The van der Waals surface area contributed by atoms with Crippen LogP contribution in [0.3, 0.4) is 0 Å². The summed E-state index contributed by atoms with van der Waals surface area (Å²) in [6.45, 7) is 3.06. The lowest BCUT2D eigenvalue weighted by molar-refractivity contribution is -0.140. The minimum Gasteiger partial charge on any atom is -0.469 e. The van der Waals surface area contributed by atoms with Gasteiger partial charge in [-0.2, -0.15) is 0 Å². The molecule has 0 bridgehead atoms. The van der Waals surface area contributed by atoms with E-state index in [0.29, 0.717) is 13.0 Å². The zero-order chi connectivity index (χ0) is 24.2. The maximum Gasteiger partial charge on any atom is 0.322 e. The summed E-state index contributed by atoms with van der Waals surface area (Å²) in [5, 5.41) is 12.6. The van der Waals surface area contributed by atoms with Crippen molar-refractivity contribution >= 4 is 17.7 Å². The normalized spacial score (nSPS) is 14.5. The van der Waals surface area contributed by atoms with Crippen LogP contribution < -0.4 is 5.32 Å². The van der Waals surface area contributed by atoms with Gasteiger partial charge in [0.2, 0.25) is 0 Å². The van der Waals surface area contributed by atoms with Gasteiger partial charge in [-0.25, -0.2) is 4.79 Å². The number of likely N-dealkylation sites (tertiary alicyclic amines) is 1. The Hall–Kier alpha value is -2.90. The lowest BCUT2D eigenvalue weighted by Gasteiger charge is -2.38. The number of hydrogen-bond acceptors (Lipinski definition) is 5. The maximum atomic E-state index is 13.0. The van der Waals surface area contributed by atoms with Crippen LogP contribution in [0.5, 0.6) is 0 Å². The Kier molecular flexibility index (Phi) is 10.4. The summed E-state index contributed by atoms with van der Waals surface area (Å²) in [6.07, 6.45) is 4.81. The molecule has 0 spiro atoms. The number of aliphatic hydroxyl groups excluding tert-OH is 1. The number of urea groups is 1. The van der Waals surface area contributed by atoms with Crippen molar-refractivity contribution in [2.24, 2.45) is 0 Å². The Labute approximate surface area is 202 Å². The third-order valence-electron chi connectivity index (χ3n) is 6.38. The first-order valence-electron chi connectivity index (χ1n) is 12.2. The van der Waals surface area contributed by atoms with Gasteiger partial charge in [0.1, 0.15) is 0 Å². The number of aryl methyl sites for hydroxylation is 1. The number of benzene rings is 2. The molecular weight excluding hydrogens is 430 g/mol. The van der Waals surface area contributed by atoms with E-state index >= 15 is 0 Å². The summed E-state index contributed by atoms with van der Waals surface area (Å²) >= 11 is 0. The number of nitrogens with zero attached hydrogens (tertiary/aromatic N) is 2. The van der Waals surface area contributed by atoms with Crippen molar-refractivity contribution in [1.82, 2.24) is 9.80 Å². The van der Waals surface area contributed by atoms with Crippen LogP contribution in [0.15, 0.2) is 54.6 Å². The van der Waals surface area contributed by atoms with E-state index in [1.165, 1.54) is 18.2 Å². The molecule has 34 heavy (non-hydrogen) atoms. The number of ether oxygens (including phenoxy) is 1. The summed E-state index contributed by atoms with van der Waals surface area (Å²) in [4.78, 5) is 28.4. The first-order valence-corrected chi connectivity index (χ1v) is 12.2. The van der Waals surface area contributed by atoms with E-state index in [0.717, 1.165) is 57.4 Å². The molecule has 1 heterocycles. The molecule has 7 nitrogen and oxygen atoms in total. The number of amides is 2. The fourth-order valence-corrected chi connectivity index (χ4v) is 4.44. The number of piperidine rings is 1. The van der Waals surface area contributed by atoms with Crippen molar-refractivity contribution in [3.05, 3.63) is 65.7 Å². The second kappa shape index (κ2) is 13.7. The minimum atomic E-state index is -0.174. The molecular formula is C27H37N3O4. The molecule has 1 fully saturated rings. The van der Waals surface area contributed by atoms with Crippen LogP contribution >= 0.6 is 0 Å². The standard InChI is InChI=1S/C27H37N3O4/c1-34-26(32)10-6-5-7-22-11-13-24(14-12-22)28-27(33)30(19-20-31)25-15-17-29(18-16-25)21-23-8-3-2-4-9-23/h2-4,8-9,11-14,25,31H,5-7,10,15-21H2,1H3,(H,28,33). The van der Waals surface area contributed by atoms with Gasteiger partial charge < -0.3 is 20.1 Å². The number of methoxy groups -OCH3 is 1. The Morgan fingerprint density at radius 2 is 1.74 bits per heavy atom. The van der Waals surface area contributed by atoms with Gasteiger partial charge in [0.05, 0.1) is 13.7 Å². The van der Waals surface area contributed by atoms with Gasteiger partial charge in [0.25, 0.3) is 0 Å². The number of aliphatic hydroxyl groups is 1.